The second-order valence-electron chi connectivity index (χ2n) is 4.60. The lowest BCUT2D eigenvalue weighted by molar-refractivity contribution is 0.343. The number of benzene rings is 1. The molecule has 1 aromatic heterocycles. The summed E-state index contributed by atoms with van der Waals surface area (Å²) in [6, 6.07) is 3.89. The van der Waals surface area contributed by atoms with Crippen molar-refractivity contribution in [1.82, 2.24) is 9.99 Å². The van der Waals surface area contributed by atoms with Crippen LogP contribution in [0.4, 0.5) is 0 Å². The van der Waals surface area contributed by atoms with E-state index in [0.29, 0.717) is 6.54 Å². The molecule has 0 aliphatic carbocycles. The third kappa shape index (κ3) is 3.09. The monoisotopic (exact) mass is 281 g/mol. The SMILES string of the molecule is CC(C)=Cc1nc2c(CN(C)N)cc(Cl)cc2s1. The molecule has 0 amide bonds. The Kier molecular flexibility index (Phi) is 4.02. The fraction of sp³-hybridized carbons (Fsp3) is 0.308. The Morgan fingerprint density at radius 3 is 2.83 bits per heavy atom. The molecule has 0 atom stereocenters. The molecule has 2 rings (SSSR count). The van der Waals surface area contributed by atoms with Crippen molar-refractivity contribution in [2.45, 2.75) is 20.4 Å². The predicted molar refractivity (Wildman–Crippen MR) is 79.6 cm³/mol. The molecule has 2 N–H and O–H groups in total. The molecule has 18 heavy (non-hydrogen) atoms. The van der Waals surface area contributed by atoms with Gasteiger partial charge in [-0.3, -0.25) is 5.84 Å². The van der Waals surface area contributed by atoms with Gasteiger partial charge in [0.15, 0.2) is 0 Å². The van der Waals surface area contributed by atoms with Gasteiger partial charge in [0.05, 0.1) is 10.2 Å². The van der Waals surface area contributed by atoms with Gasteiger partial charge in [-0.05, 0) is 37.6 Å². The van der Waals surface area contributed by atoms with Gasteiger partial charge < -0.3 is 0 Å². The number of thiazole rings is 1. The summed E-state index contributed by atoms with van der Waals surface area (Å²) in [4.78, 5) is 4.65. The fourth-order valence-corrected chi connectivity index (χ4v) is 3.20. The molecule has 0 aliphatic heterocycles. The van der Waals surface area contributed by atoms with Gasteiger partial charge in [0.1, 0.15) is 5.01 Å². The first-order valence-electron chi connectivity index (χ1n) is 5.65. The van der Waals surface area contributed by atoms with E-state index in [2.05, 4.69) is 24.9 Å². The van der Waals surface area contributed by atoms with E-state index in [1.54, 1.807) is 16.3 Å². The zero-order valence-corrected chi connectivity index (χ0v) is 12.3. The first-order chi connectivity index (χ1) is 8.45. The maximum absolute atomic E-state index is 6.13. The van der Waals surface area contributed by atoms with Crippen molar-refractivity contribution >= 4 is 39.2 Å². The number of fused-ring (bicyclic) bond motifs is 1. The van der Waals surface area contributed by atoms with E-state index in [1.165, 1.54) is 5.57 Å². The molecule has 5 heteroatoms. The molecule has 0 saturated carbocycles. The molecular formula is C13H16ClN3S. The number of aromatic nitrogens is 1. The average molecular weight is 282 g/mol. The normalized spacial score (nSPS) is 11.2. The number of hydrogen-bond donors (Lipinski definition) is 1. The van der Waals surface area contributed by atoms with E-state index in [1.807, 2.05) is 19.2 Å². The number of hydrazine groups is 1. The lowest BCUT2D eigenvalue weighted by atomic mass is 10.2. The largest absolute Gasteiger partial charge is 0.269 e. The predicted octanol–water partition coefficient (Wildman–Crippen LogP) is 3.68. The zero-order chi connectivity index (χ0) is 13.3. The smallest absolute Gasteiger partial charge is 0.117 e. The van der Waals surface area contributed by atoms with Gasteiger partial charge in [0.25, 0.3) is 0 Å². The minimum atomic E-state index is 0.634. The summed E-state index contributed by atoms with van der Waals surface area (Å²) >= 11 is 7.78. The molecule has 3 nitrogen and oxygen atoms in total. The van der Waals surface area contributed by atoms with E-state index < -0.39 is 0 Å². The number of nitrogens with two attached hydrogens (primary N) is 1. The minimum absolute atomic E-state index is 0.634. The van der Waals surface area contributed by atoms with Crippen molar-refractivity contribution in [3.63, 3.8) is 0 Å². The van der Waals surface area contributed by atoms with Gasteiger partial charge in [0, 0.05) is 18.6 Å². The van der Waals surface area contributed by atoms with Crippen molar-refractivity contribution in [3.05, 3.63) is 33.3 Å². The van der Waals surface area contributed by atoms with Crippen LogP contribution in [0.25, 0.3) is 16.3 Å². The molecule has 0 spiro atoms. The Bertz CT molecular complexity index is 598. The van der Waals surface area contributed by atoms with Crippen molar-refractivity contribution in [2.75, 3.05) is 7.05 Å². The minimum Gasteiger partial charge on any atom is -0.269 e. The Balaban J connectivity index is 2.56. The summed E-state index contributed by atoms with van der Waals surface area (Å²) in [6.45, 7) is 4.76. The number of allylic oxidation sites excluding steroid dienone is 1. The molecule has 0 radical (unpaired) electrons. The Labute approximate surface area is 116 Å². The van der Waals surface area contributed by atoms with Gasteiger partial charge in [0.2, 0.25) is 0 Å². The first-order valence-corrected chi connectivity index (χ1v) is 6.85. The van der Waals surface area contributed by atoms with Crippen LogP contribution in [0.15, 0.2) is 17.7 Å². The zero-order valence-electron chi connectivity index (χ0n) is 10.7. The maximum atomic E-state index is 6.13. The number of halogens is 1. The van der Waals surface area contributed by atoms with E-state index in [0.717, 1.165) is 25.8 Å². The molecule has 0 saturated heterocycles. The highest BCUT2D eigenvalue weighted by atomic mass is 35.5. The summed E-state index contributed by atoms with van der Waals surface area (Å²) in [6.07, 6.45) is 2.08. The fourth-order valence-electron chi connectivity index (χ4n) is 1.78. The van der Waals surface area contributed by atoms with E-state index in [4.69, 9.17) is 17.4 Å². The van der Waals surface area contributed by atoms with Gasteiger partial charge in [-0.15, -0.1) is 11.3 Å². The van der Waals surface area contributed by atoms with Crippen LogP contribution in [-0.4, -0.2) is 17.0 Å². The quantitative estimate of drug-likeness (QED) is 0.689. The Morgan fingerprint density at radius 2 is 2.22 bits per heavy atom. The highest BCUT2D eigenvalue weighted by molar-refractivity contribution is 7.19. The highest BCUT2D eigenvalue weighted by Gasteiger charge is 2.10. The summed E-state index contributed by atoms with van der Waals surface area (Å²) in [5, 5.41) is 3.37. The molecule has 0 fully saturated rings. The van der Waals surface area contributed by atoms with E-state index in [-0.39, 0.29) is 0 Å². The summed E-state index contributed by atoms with van der Waals surface area (Å²) in [5.74, 6) is 5.71. The summed E-state index contributed by atoms with van der Waals surface area (Å²) in [7, 11) is 1.83. The first kappa shape index (κ1) is 13.5. The average Bonchev–Trinajstić information content (AvgIpc) is 2.57. The Morgan fingerprint density at radius 1 is 1.50 bits per heavy atom. The van der Waals surface area contributed by atoms with Crippen LogP contribution in [0.2, 0.25) is 5.02 Å². The second kappa shape index (κ2) is 5.36. The third-order valence-electron chi connectivity index (χ3n) is 2.39. The molecule has 0 bridgehead atoms. The topological polar surface area (TPSA) is 42.2 Å². The molecule has 96 valence electrons. The molecule has 2 aromatic rings. The number of hydrogen-bond acceptors (Lipinski definition) is 4. The van der Waals surface area contributed by atoms with Crippen LogP contribution in [0, 0.1) is 0 Å². The van der Waals surface area contributed by atoms with Crippen LogP contribution >= 0.6 is 22.9 Å². The molecule has 1 heterocycles. The molecule has 1 aromatic carbocycles. The van der Waals surface area contributed by atoms with Gasteiger partial charge >= 0.3 is 0 Å². The van der Waals surface area contributed by atoms with Crippen LogP contribution in [0.1, 0.15) is 24.4 Å². The van der Waals surface area contributed by atoms with E-state index in [9.17, 15) is 0 Å². The maximum Gasteiger partial charge on any atom is 0.117 e. The highest BCUT2D eigenvalue weighted by Crippen LogP contribution is 2.30. The van der Waals surface area contributed by atoms with Gasteiger partial charge in [-0.25, -0.2) is 9.99 Å². The second-order valence-corrected chi connectivity index (χ2v) is 6.10. The summed E-state index contributed by atoms with van der Waals surface area (Å²) in [5.41, 5.74) is 3.29. The van der Waals surface area contributed by atoms with Gasteiger partial charge in [-0.2, -0.15) is 0 Å². The van der Waals surface area contributed by atoms with Gasteiger partial charge in [-0.1, -0.05) is 17.2 Å². The van der Waals surface area contributed by atoms with Crippen LogP contribution in [0.5, 0.6) is 0 Å². The van der Waals surface area contributed by atoms with Crippen molar-refractivity contribution in [1.29, 1.82) is 0 Å². The lowest BCUT2D eigenvalue weighted by Crippen LogP contribution is -2.25. The van der Waals surface area contributed by atoms with Crippen molar-refractivity contribution in [3.8, 4) is 0 Å². The standard InChI is InChI=1S/C13H16ClN3S/c1-8(2)4-12-16-13-9(7-17(3)15)5-10(14)6-11(13)18-12/h4-6H,7,15H2,1-3H3. The van der Waals surface area contributed by atoms with Crippen molar-refractivity contribution < 1.29 is 0 Å². The van der Waals surface area contributed by atoms with E-state index >= 15 is 0 Å². The Hall–Kier alpha value is -0.940. The summed E-state index contributed by atoms with van der Waals surface area (Å²) < 4.78 is 1.10. The van der Waals surface area contributed by atoms with Crippen molar-refractivity contribution in [2.24, 2.45) is 5.84 Å². The molecular weight excluding hydrogens is 266 g/mol. The number of nitrogens with zero attached hydrogens (tertiary/aromatic N) is 2. The van der Waals surface area contributed by atoms with Crippen LogP contribution in [-0.2, 0) is 6.54 Å². The number of rotatable bonds is 3. The van der Waals surface area contributed by atoms with Crippen LogP contribution < -0.4 is 5.84 Å². The molecule has 0 aliphatic rings. The van der Waals surface area contributed by atoms with Crippen LogP contribution in [0.3, 0.4) is 0 Å². The lowest BCUT2D eigenvalue weighted by Gasteiger charge is -2.10. The third-order valence-corrected chi connectivity index (χ3v) is 3.55. The molecule has 0 unspecified atom stereocenters.